The zero-order chi connectivity index (χ0) is 15.5. The van der Waals surface area contributed by atoms with E-state index in [9.17, 15) is 0 Å². The number of aryl methyl sites for hydroxylation is 1. The molecule has 0 amide bonds. The first-order valence-electron chi connectivity index (χ1n) is 7.59. The summed E-state index contributed by atoms with van der Waals surface area (Å²) in [6.07, 6.45) is 0. The number of nitrogens with one attached hydrogen (secondary N) is 1. The Kier molecular flexibility index (Phi) is 8.89. The average molecular weight is 296 g/mol. The Bertz CT molecular complexity index is 391. The summed E-state index contributed by atoms with van der Waals surface area (Å²) >= 11 is 0. The molecule has 0 atom stereocenters. The van der Waals surface area contributed by atoms with Gasteiger partial charge in [0.25, 0.3) is 0 Å². The highest BCUT2D eigenvalue weighted by Crippen LogP contribution is 2.07. The van der Waals surface area contributed by atoms with Gasteiger partial charge in [-0.15, -0.1) is 0 Å². The molecule has 0 aromatic carbocycles. The fourth-order valence-electron chi connectivity index (χ4n) is 1.97. The van der Waals surface area contributed by atoms with E-state index in [-0.39, 0.29) is 0 Å². The maximum Gasteiger partial charge on any atom is 0.144 e. The van der Waals surface area contributed by atoms with Crippen molar-refractivity contribution in [1.29, 1.82) is 0 Å². The van der Waals surface area contributed by atoms with Crippen LogP contribution in [0, 0.1) is 6.92 Å². The second kappa shape index (κ2) is 10.5. The fraction of sp³-hybridized carbons (Fsp3) is 0.733. The lowest BCUT2D eigenvalue weighted by Gasteiger charge is -2.21. The van der Waals surface area contributed by atoms with Crippen molar-refractivity contribution >= 4 is 5.82 Å². The van der Waals surface area contributed by atoms with Gasteiger partial charge in [-0.3, -0.25) is 4.90 Å². The van der Waals surface area contributed by atoms with E-state index >= 15 is 0 Å². The molecule has 6 nitrogen and oxygen atoms in total. The molecule has 1 aromatic rings. The number of nitrogens with zero attached hydrogens (tertiary/aromatic N) is 3. The van der Waals surface area contributed by atoms with E-state index in [1.165, 1.54) is 0 Å². The van der Waals surface area contributed by atoms with Crippen molar-refractivity contribution in [3.05, 3.63) is 17.6 Å². The molecular formula is C15H28N4O2. The van der Waals surface area contributed by atoms with Gasteiger partial charge in [-0.1, -0.05) is 0 Å². The number of anilines is 1. The molecule has 0 saturated carbocycles. The summed E-state index contributed by atoms with van der Waals surface area (Å²) in [7, 11) is 1.87. The normalized spacial score (nSPS) is 11.1. The third-order valence-electron chi connectivity index (χ3n) is 3.03. The molecule has 21 heavy (non-hydrogen) atoms. The third kappa shape index (κ3) is 7.36. The minimum atomic E-state index is 0.705. The van der Waals surface area contributed by atoms with Gasteiger partial charge < -0.3 is 14.8 Å². The van der Waals surface area contributed by atoms with E-state index in [1.807, 2.05) is 33.9 Å². The van der Waals surface area contributed by atoms with Crippen molar-refractivity contribution in [3.8, 4) is 0 Å². The Labute approximate surface area is 127 Å². The van der Waals surface area contributed by atoms with Crippen LogP contribution in [0.15, 0.2) is 6.07 Å². The van der Waals surface area contributed by atoms with Gasteiger partial charge in [0.05, 0.1) is 19.8 Å². The molecule has 1 N–H and O–H groups in total. The maximum atomic E-state index is 5.44. The maximum absolute atomic E-state index is 5.44. The molecule has 0 radical (unpaired) electrons. The van der Waals surface area contributed by atoms with Crippen molar-refractivity contribution in [2.45, 2.75) is 27.3 Å². The number of rotatable bonds is 11. The van der Waals surface area contributed by atoms with E-state index in [4.69, 9.17) is 9.47 Å². The fourth-order valence-corrected chi connectivity index (χ4v) is 1.97. The largest absolute Gasteiger partial charge is 0.380 e. The smallest absolute Gasteiger partial charge is 0.144 e. The standard InChI is InChI=1S/C15H28N4O2/c1-5-20-9-7-19(8-10-21-6-2)12-15-17-13(3)11-14(16-4)18-15/h11H,5-10,12H2,1-4H3,(H,16,17,18). The highest BCUT2D eigenvalue weighted by atomic mass is 16.5. The lowest BCUT2D eigenvalue weighted by atomic mass is 10.3. The summed E-state index contributed by atoms with van der Waals surface area (Å²) in [5.41, 5.74) is 0.971. The Morgan fingerprint density at radius 3 is 2.24 bits per heavy atom. The Morgan fingerprint density at radius 1 is 1.10 bits per heavy atom. The van der Waals surface area contributed by atoms with Crippen LogP contribution < -0.4 is 5.32 Å². The number of ether oxygens (including phenoxy) is 2. The second-order valence-corrected chi connectivity index (χ2v) is 4.73. The number of hydrogen-bond acceptors (Lipinski definition) is 6. The van der Waals surface area contributed by atoms with Crippen molar-refractivity contribution in [3.63, 3.8) is 0 Å². The Balaban J connectivity index is 2.62. The lowest BCUT2D eigenvalue weighted by molar-refractivity contribution is 0.0787. The van der Waals surface area contributed by atoms with Crippen LogP contribution in [0.5, 0.6) is 0 Å². The van der Waals surface area contributed by atoms with Crippen LogP contribution in [0.3, 0.4) is 0 Å². The van der Waals surface area contributed by atoms with Crippen molar-refractivity contribution in [1.82, 2.24) is 14.9 Å². The second-order valence-electron chi connectivity index (χ2n) is 4.73. The third-order valence-corrected chi connectivity index (χ3v) is 3.03. The van der Waals surface area contributed by atoms with Crippen molar-refractivity contribution in [2.24, 2.45) is 0 Å². The van der Waals surface area contributed by atoms with Crippen molar-refractivity contribution < 1.29 is 9.47 Å². The summed E-state index contributed by atoms with van der Waals surface area (Å²) < 4.78 is 10.9. The van der Waals surface area contributed by atoms with Gasteiger partial charge in [0.2, 0.25) is 0 Å². The average Bonchev–Trinajstić information content (AvgIpc) is 2.47. The summed E-state index contributed by atoms with van der Waals surface area (Å²) in [5, 5.41) is 3.07. The van der Waals surface area contributed by atoms with E-state index < -0.39 is 0 Å². The summed E-state index contributed by atoms with van der Waals surface area (Å²) in [6, 6.07) is 1.94. The van der Waals surface area contributed by atoms with Crippen LogP contribution in [0.25, 0.3) is 0 Å². The van der Waals surface area contributed by atoms with Crippen LogP contribution in [0.4, 0.5) is 5.82 Å². The van der Waals surface area contributed by atoms with E-state index in [0.29, 0.717) is 19.8 Å². The van der Waals surface area contributed by atoms with Crippen molar-refractivity contribution in [2.75, 3.05) is 51.9 Å². The highest BCUT2D eigenvalue weighted by molar-refractivity contribution is 5.34. The first kappa shape index (κ1) is 17.8. The molecular weight excluding hydrogens is 268 g/mol. The minimum Gasteiger partial charge on any atom is -0.380 e. The monoisotopic (exact) mass is 296 g/mol. The zero-order valence-corrected chi connectivity index (χ0v) is 13.7. The van der Waals surface area contributed by atoms with E-state index in [1.54, 1.807) is 0 Å². The van der Waals surface area contributed by atoms with E-state index in [0.717, 1.165) is 43.6 Å². The SMILES string of the molecule is CCOCCN(CCOCC)Cc1nc(C)cc(NC)n1. The Hall–Kier alpha value is -1.24. The summed E-state index contributed by atoms with van der Waals surface area (Å²) in [5.74, 6) is 1.68. The Morgan fingerprint density at radius 2 is 1.71 bits per heavy atom. The van der Waals surface area contributed by atoms with E-state index in [2.05, 4.69) is 20.2 Å². The van der Waals surface area contributed by atoms with Crippen LogP contribution in [0.2, 0.25) is 0 Å². The van der Waals surface area contributed by atoms with Gasteiger partial charge in [0.15, 0.2) is 0 Å². The molecule has 1 rings (SSSR count). The van der Waals surface area contributed by atoms with Gasteiger partial charge in [-0.2, -0.15) is 0 Å². The molecule has 1 aromatic heterocycles. The molecule has 0 unspecified atom stereocenters. The predicted octanol–water partition coefficient (Wildman–Crippen LogP) is 1.70. The molecule has 0 bridgehead atoms. The van der Waals surface area contributed by atoms with Gasteiger partial charge in [0.1, 0.15) is 11.6 Å². The van der Waals surface area contributed by atoms with Gasteiger partial charge >= 0.3 is 0 Å². The van der Waals surface area contributed by atoms with Crippen LogP contribution in [-0.2, 0) is 16.0 Å². The molecule has 0 saturated heterocycles. The predicted molar refractivity (Wildman–Crippen MR) is 84.6 cm³/mol. The van der Waals surface area contributed by atoms with Gasteiger partial charge in [0, 0.05) is 45.1 Å². The number of aromatic nitrogens is 2. The highest BCUT2D eigenvalue weighted by Gasteiger charge is 2.09. The van der Waals surface area contributed by atoms with Gasteiger partial charge in [-0.05, 0) is 20.8 Å². The van der Waals surface area contributed by atoms with Gasteiger partial charge in [-0.25, -0.2) is 9.97 Å². The summed E-state index contributed by atoms with van der Waals surface area (Å²) in [6.45, 7) is 11.3. The molecule has 1 heterocycles. The first-order chi connectivity index (χ1) is 10.2. The lowest BCUT2D eigenvalue weighted by Crippen LogP contribution is -2.31. The molecule has 120 valence electrons. The molecule has 0 aliphatic rings. The number of hydrogen-bond donors (Lipinski definition) is 1. The summed E-state index contributed by atoms with van der Waals surface area (Å²) in [4.78, 5) is 11.3. The molecule has 0 spiro atoms. The molecule has 0 aliphatic carbocycles. The zero-order valence-electron chi connectivity index (χ0n) is 13.7. The van der Waals surface area contributed by atoms with Crippen LogP contribution in [0.1, 0.15) is 25.4 Å². The quantitative estimate of drug-likeness (QED) is 0.627. The molecule has 0 aliphatic heterocycles. The molecule has 6 heteroatoms. The first-order valence-corrected chi connectivity index (χ1v) is 7.59. The minimum absolute atomic E-state index is 0.705. The van der Waals surface area contributed by atoms with Crippen LogP contribution >= 0.6 is 0 Å². The van der Waals surface area contributed by atoms with Crippen LogP contribution in [-0.4, -0.2) is 61.4 Å². The molecule has 0 fully saturated rings. The topological polar surface area (TPSA) is 59.5 Å².